The van der Waals surface area contributed by atoms with Crippen LogP contribution in [-0.2, 0) is 0 Å². The second-order valence-electron chi connectivity index (χ2n) is 7.75. The summed E-state index contributed by atoms with van der Waals surface area (Å²) >= 11 is 0. The fourth-order valence-electron chi connectivity index (χ4n) is 4.15. The molecule has 0 spiro atoms. The molecule has 3 amide bonds. The van der Waals surface area contributed by atoms with E-state index in [4.69, 9.17) is 0 Å². The van der Waals surface area contributed by atoms with Crippen LogP contribution in [0.25, 0.3) is 0 Å². The average molecular weight is 415 g/mol. The third-order valence-corrected chi connectivity index (χ3v) is 5.59. The summed E-state index contributed by atoms with van der Waals surface area (Å²) in [7, 11) is 0. The van der Waals surface area contributed by atoms with E-state index in [9.17, 15) is 9.59 Å². The summed E-state index contributed by atoms with van der Waals surface area (Å²) in [6, 6.07) is 15.6. The highest BCUT2D eigenvalue weighted by Gasteiger charge is 2.34. The summed E-state index contributed by atoms with van der Waals surface area (Å²) in [5, 5.41) is 12.4. The van der Waals surface area contributed by atoms with Gasteiger partial charge in [-0.1, -0.05) is 24.3 Å². The number of urea groups is 1. The third-order valence-electron chi connectivity index (χ3n) is 5.59. The first-order chi connectivity index (χ1) is 13.6. The number of fused-ring (bicyclic) bond motifs is 2. The molecule has 2 aromatic carbocycles. The zero-order valence-corrected chi connectivity index (χ0v) is 17.2. The number of hydrogen-bond donors (Lipinski definition) is 4. The van der Waals surface area contributed by atoms with Gasteiger partial charge in [-0.05, 0) is 62.4 Å². The number of benzene rings is 2. The number of carbonyl (C=O) groups is 2. The van der Waals surface area contributed by atoms with E-state index in [-0.39, 0.29) is 30.4 Å². The summed E-state index contributed by atoms with van der Waals surface area (Å²) in [5.74, 6) is -0.0854. The van der Waals surface area contributed by atoms with Gasteiger partial charge in [-0.3, -0.25) is 4.79 Å². The van der Waals surface area contributed by atoms with Gasteiger partial charge in [-0.2, -0.15) is 0 Å². The minimum Gasteiger partial charge on any atom is -0.349 e. The molecule has 29 heavy (non-hydrogen) atoms. The van der Waals surface area contributed by atoms with Gasteiger partial charge in [0.2, 0.25) is 0 Å². The quantitative estimate of drug-likeness (QED) is 0.608. The Kier molecular flexibility index (Phi) is 6.77. The first-order valence-electron chi connectivity index (χ1n) is 9.87. The van der Waals surface area contributed by atoms with Crippen LogP contribution < -0.4 is 21.3 Å². The molecule has 4 rings (SSSR count). The predicted molar refractivity (Wildman–Crippen MR) is 118 cm³/mol. The van der Waals surface area contributed by atoms with Gasteiger partial charge in [0, 0.05) is 35.1 Å². The van der Waals surface area contributed by atoms with Crippen LogP contribution in [0.5, 0.6) is 0 Å². The zero-order valence-electron chi connectivity index (χ0n) is 16.4. The lowest BCUT2D eigenvalue weighted by atomic mass is 9.99. The molecule has 2 unspecified atom stereocenters. The van der Waals surface area contributed by atoms with Gasteiger partial charge in [0.15, 0.2) is 0 Å². The van der Waals surface area contributed by atoms with Crippen LogP contribution in [0.1, 0.15) is 41.6 Å². The van der Waals surface area contributed by atoms with Crippen LogP contribution in [-0.4, -0.2) is 30.1 Å². The van der Waals surface area contributed by atoms with Crippen LogP contribution >= 0.6 is 12.4 Å². The molecule has 2 aromatic rings. The number of anilines is 2. The molecule has 2 heterocycles. The Morgan fingerprint density at radius 3 is 2.34 bits per heavy atom. The normalized spacial score (nSPS) is 22.3. The van der Waals surface area contributed by atoms with Crippen LogP contribution in [0.2, 0.25) is 0 Å². The Morgan fingerprint density at radius 2 is 1.66 bits per heavy atom. The molecule has 2 saturated heterocycles. The molecule has 2 atom stereocenters. The van der Waals surface area contributed by atoms with E-state index in [1.165, 1.54) is 12.8 Å². The van der Waals surface area contributed by atoms with Gasteiger partial charge < -0.3 is 21.3 Å². The minimum absolute atomic E-state index is 0. The zero-order chi connectivity index (χ0) is 19.5. The van der Waals surface area contributed by atoms with Crippen molar-refractivity contribution >= 4 is 35.7 Å². The molecule has 4 N–H and O–H groups in total. The number of nitrogens with one attached hydrogen (secondary N) is 4. The Labute approximate surface area is 177 Å². The van der Waals surface area contributed by atoms with Gasteiger partial charge >= 0.3 is 6.03 Å². The lowest BCUT2D eigenvalue weighted by molar-refractivity contribution is 0.0924. The topological polar surface area (TPSA) is 82.3 Å². The maximum atomic E-state index is 12.7. The van der Waals surface area contributed by atoms with Gasteiger partial charge in [0.1, 0.15) is 0 Å². The molecule has 2 fully saturated rings. The van der Waals surface area contributed by atoms with E-state index < -0.39 is 0 Å². The largest absolute Gasteiger partial charge is 0.349 e. The molecule has 0 saturated carbocycles. The molecule has 2 aliphatic heterocycles. The Balaban J connectivity index is 0.00000240. The van der Waals surface area contributed by atoms with Gasteiger partial charge in [0.05, 0.1) is 0 Å². The molecule has 2 bridgehead atoms. The SMILES string of the molecule is Cc1ccc(C(=O)NC2CC3CCC(C2)N3)cc1NC(=O)Nc1ccccc1.Cl. The van der Waals surface area contributed by atoms with Crippen molar-refractivity contribution in [2.75, 3.05) is 10.6 Å². The van der Waals surface area contributed by atoms with Crippen molar-refractivity contribution in [1.29, 1.82) is 0 Å². The Bertz CT molecular complexity index is 862. The number of carbonyl (C=O) groups excluding carboxylic acids is 2. The lowest BCUT2D eigenvalue weighted by Crippen LogP contribution is -2.48. The highest BCUT2D eigenvalue weighted by atomic mass is 35.5. The van der Waals surface area contributed by atoms with Crippen LogP contribution in [0.3, 0.4) is 0 Å². The highest BCUT2D eigenvalue weighted by Crippen LogP contribution is 2.27. The number of rotatable bonds is 4. The monoisotopic (exact) mass is 414 g/mol. The standard InChI is InChI=1S/C22H26N4O2.ClH/c1-14-7-8-15(21(27)24-19-12-17-9-10-18(13-19)23-17)11-20(14)26-22(28)25-16-5-3-2-4-6-16;/h2-8,11,17-19,23H,9-10,12-13H2,1H3,(H,24,27)(H2,25,26,28);1H. The average Bonchev–Trinajstić information content (AvgIpc) is 3.02. The van der Waals surface area contributed by atoms with Gasteiger partial charge in [0.25, 0.3) is 5.91 Å². The third kappa shape index (κ3) is 5.28. The molecular formula is C22H27ClN4O2. The minimum atomic E-state index is -0.332. The Hall–Kier alpha value is -2.57. The Morgan fingerprint density at radius 1 is 0.966 bits per heavy atom. The van der Waals surface area contributed by atoms with Crippen LogP contribution in [0, 0.1) is 6.92 Å². The molecular weight excluding hydrogens is 388 g/mol. The fraction of sp³-hybridized carbons (Fsp3) is 0.364. The van der Waals surface area contributed by atoms with E-state index in [0.717, 1.165) is 18.4 Å². The van der Waals surface area contributed by atoms with E-state index >= 15 is 0 Å². The maximum absolute atomic E-state index is 12.7. The van der Waals surface area contributed by atoms with Crippen molar-refractivity contribution in [3.8, 4) is 0 Å². The van der Waals surface area contributed by atoms with E-state index in [1.807, 2.05) is 43.3 Å². The maximum Gasteiger partial charge on any atom is 0.323 e. The smallest absolute Gasteiger partial charge is 0.323 e. The summed E-state index contributed by atoms with van der Waals surface area (Å²) in [6.07, 6.45) is 4.37. The summed E-state index contributed by atoms with van der Waals surface area (Å²) in [6.45, 7) is 1.91. The lowest BCUT2D eigenvalue weighted by Gasteiger charge is -2.29. The number of aryl methyl sites for hydroxylation is 1. The number of piperidine rings is 1. The summed E-state index contributed by atoms with van der Waals surface area (Å²) in [4.78, 5) is 25.0. The van der Waals surface area contributed by atoms with Crippen molar-refractivity contribution in [2.24, 2.45) is 0 Å². The van der Waals surface area contributed by atoms with Crippen molar-refractivity contribution in [2.45, 2.75) is 50.7 Å². The van der Waals surface area contributed by atoms with E-state index in [1.54, 1.807) is 12.1 Å². The molecule has 2 aliphatic rings. The molecule has 0 radical (unpaired) electrons. The number of halogens is 1. The van der Waals surface area contributed by atoms with Crippen LogP contribution in [0.15, 0.2) is 48.5 Å². The van der Waals surface area contributed by atoms with Gasteiger partial charge in [-0.15, -0.1) is 12.4 Å². The molecule has 6 nitrogen and oxygen atoms in total. The van der Waals surface area contributed by atoms with E-state index in [0.29, 0.717) is 29.0 Å². The molecule has 0 aliphatic carbocycles. The van der Waals surface area contributed by atoms with Crippen LogP contribution in [0.4, 0.5) is 16.2 Å². The summed E-state index contributed by atoms with van der Waals surface area (Å²) < 4.78 is 0. The first-order valence-corrected chi connectivity index (χ1v) is 9.87. The summed E-state index contributed by atoms with van der Waals surface area (Å²) in [5.41, 5.74) is 2.81. The number of hydrogen-bond acceptors (Lipinski definition) is 3. The number of amides is 3. The van der Waals surface area contributed by atoms with E-state index in [2.05, 4.69) is 21.3 Å². The first kappa shape index (κ1) is 21.1. The molecule has 0 aromatic heterocycles. The van der Waals surface area contributed by atoms with Crippen molar-refractivity contribution in [3.05, 3.63) is 59.7 Å². The van der Waals surface area contributed by atoms with Crippen molar-refractivity contribution in [3.63, 3.8) is 0 Å². The number of para-hydroxylation sites is 1. The second-order valence-corrected chi connectivity index (χ2v) is 7.75. The van der Waals surface area contributed by atoms with Crippen molar-refractivity contribution in [1.82, 2.24) is 10.6 Å². The second kappa shape index (κ2) is 9.29. The van der Waals surface area contributed by atoms with Gasteiger partial charge in [-0.25, -0.2) is 4.79 Å². The molecule has 7 heteroatoms. The molecule has 154 valence electrons. The fourth-order valence-corrected chi connectivity index (χ4v) is 4.15. The van der Waals surface area contributed by atoms with Crippen molar-refractivity contribution < 1.29 is 9.59 Å². The predicted octanol–water partition coefficient (Wildman–Crippen LogP) is 4.07. The highest BCUT2D eigenvalue weighted by molar-refractivity contribution is 6.02.